The van der Waals surface area contributed by atoms with Gasteiger partial charge in [-0.05, 0) is 34.5 Å². The Kier molecular flexibility index (Phi) is 3.50. The summed E-state index contributed by atoms with van der Waals surface area (Å²) in [6.45, 7) is 4.63. The van der Waals surface area contributed by atoms with Crippen LogP contribution in [0.1, 0.15) is 25.0 Å². The van der Waals surface area contributed by atoms with Crippen LogP contribution in [0.2, 0.25) is 0 Å². The topological polar surface area (TPSA) is 18.1 Å². The number of rotatable bonds is 1. The minimum absolute atomic E-state index is 0.110. The number of furan rings is 1. The van der Waals surface area contributed by atoms with Gasteiger partial charge in [-0.1, -0.05) is 98.8 Å². The van der Waals surface area contributed by atoms with Gasteiger partial charge in [0.15, 0.2) is 5.58 Å². The summed E-state index contributed by atoms with van der Waals surface area (Å²) in [4.78, 5) is 0. The van der Waals surface area contributed by atoms with E-state index in [9.17, 15) is 0 Å². The van der Waals surface area contributed by atoms with Crippen molar-refractivity contribution in [3.8, 4) is 17.0 Å². The largest absolute Gasteiger partial charge is 0.453 e. The molecule has 2 heteroatoms. The fourth-order valence-electron chi connectivity index (χ4n) is 6.44. The molecule has 2 heterocycles. The van der Waals surface area contributed by atoms with E-state index in [1.54, 1.807) is 0 Å². The van der Waals surface area contributed by atoms with Crippen molar-refractivity contribution in [3.63, 3.8) is 0 Å². The van der Waals surface area contributed by atoms with Crippen molar-refractivity contribution in [1.82, 2.24) is 4.57 Å². The van der Waals surface area contributed by atoms with E-state index in [-0.39, 0.29) is 5.41 Å². The number of hydrogen-bond donors (Lipinski definition) is 0. The summed E-state index contributed by atoms with van der Waals surface area (Å²) >= 11 is 0. The minimum atomic E-state index is -0.110. The van der Waals surface area contributed by atoms with Gasteiger partial charge in [0.1, 0.15) is 5.76 Å². The number of fused-ring (bicyclic) bond motifs is 11. The van der Waals surface area contributed by atoms with Crippen molar-refractivity contribution in [2.45, 2.75) is 19.3 Å². The highest BCUT2D eigenvalue weighted by molar-refractivity contribution is 6.25. The molecule has 0 fully saturated rings. The molecule has 0 saturated carbocycles. The van der Waals surface area contributed by atoms with Gasteiger partial charge in [0.25, 0.3) is 0 Å². The Morgan fingerprint density at radius 1 is 0.657 bits per heavy atom. The molecule has 0 saturated heterocycles. The lowest BCUT2D eigenvalue weighted by Crippen LogP contribution is -2.14. The Hall–Kier alpha value is -4.30. The minimum Gasteiger partial charge on any atom is -0.453 e. The molecule has 0 amide bonds. The molecule has 5 aromatic carbocycles. The summed E-state index contributed by atoms with van der Waals surface area (Å²) in [6, 6.07) is 37.1. The molecule has 0 unspecified atom stereocenters. The maximum absolute atomic E-state index is 6.87. The molecule has 0 aliphatic heterocycles. The summed E-state index contributed by atoms with van der Waals surface area (Å²) in [5.74, 6) is 1.02. The Morgan fingerprint density at radius 3 is 2.29 bits per heavy atom. The third kappa shape index (κ3) is 2.29. The van der Waals surface area contributed by atoms with Crippen LogP contribution in [0.15, 0.2) is 108 Å². The van der Waals surface area contributed by atoms with Crippen LogP contribution in [0.4, 0.5) is 0 Å². The van der Waals surface area contributed by atoms with E-state index < -0.39 is 0 Å². The molecule has 1 aliphatic carbocycles. The van der Waals surface area contributed by atoms with Crippen LogP contribution in [-0.2, 0) is 5.41 Å². The van der Waals surface area contributed by atoms with Crippen LogP contribution in [0.3, 0.4) is 0 Å². The third-order valence-electron chi connectivity index (χ3n) is 7.96. The Bertz CT molecular complexity index is 1970. The van der Waals surface area contributed by atoms with Gasteiger partial charge < -0.3 is 8.98 Å². The second-order valence-corrected chi connectivity index (χ2v) is 10.2. The van der Waals surface area contributed by atoms with Gasteiger partial charge in [-0.3, -0.25) is 0 Å². The highest BCUT2D eigenvalue weighted by atomic mass is 16.3. The van der Waals surface area contributed by atoms with E-state index in [2.05, 4.69) is 122 Å². The monoisotopic (exact) mass is 449 g/mol. The smallest absolute Gasteiger partial charge is 0.159 e. The van der Waals surface area contributed by atoms with Crippen molar-refractivity contribution in [2.75, 3.05) is 0 Å². The molecule has 0 N–H and O–H groups in total. The summed E-state index contributed by atoms with van der Waals surface area (Å²) < 4.78 is 9.25. The predicted octanol–water partition coefficient (Wildman–Crippen LogP) is 8.99. The molecule has 2 nitrogen and oxygen atoms in total. The van der Waals surface area contributed by atoms with Gasteiger partial charge in [-0.15, -0.1) is 0 Å². The summed E-state index contributed by atoms with van der Waals surface area (Å²) in [5.41, 5.74) is 8.20. The molecule has 35 heavy (non-hydrogen) atoms. The molecular weight excluding hydrogens is 426 g/mol. The molecule has 7 aromatic rings. The fraction of sp³-hybridized carbons (Fsp3) is 0.0909. The number of aromatic nitrogens is 1. The maximum Gasteiger partial charge on any atom is 0.159 e. The van der Waals surface area contributed by atoms with Crippen LogP contribution in [0.5, 0.6) is 0 Å². The Morgan fingerprint density at radius 2 is 1.40 bits per heavy atom. The quantitative estimate of drug-likeness (QED) is 0.244. The zero-order valence-electron chi connectivity index (χ0n) is 19.7. The van der Waals surface area contributed by atoms with Crippen molar-refractivity contribution in [2.24, 2.45) is 0 Å². The average molecular weight is 450 g/mol. The Labute approximate surface area is 203 Å². The summed E-state index contributed by atoms with van der Waals surface area (Å²) in [5, 5.41) is 6.24. The van der Waals surface area contributed by atoms with Crippen LogP contribution in [-0.4, -0.2) is 4.57 Å². The molecule has 0 radical (unpaired) electrons. The highest BCUT2D eigenvalue weighted by Gasteiger charge is 2.40. The lowest BCUT2D eigenvalue weighted by molar-refractivity contribution is 0.621. The van der Waals surface area contributed by atoms with Gasteiger partial charge in [0.05, 0.1) is 11.0 Å². The van der Waals surface area contributed by atoms with E-state index in [4.69, 9.17) is 4.42 Å². The van der Waals surface area contributed by atoms with Gasteiger partial charge in [0.2, 0.25) is 0 Å². The predicted molar refractivity (Wildman–Crippen MR) is 146 cm³/mol. The van der Waals surface area contributed by atoms with Gasteiger partial charge in [0, 0.05) is 38.4 Å². The molecule has 166 valence electrons. The van der Waals surface area contributed by atoms with Crippen LogP contribution in [0.25, 0.3) is 60.6 Å². The van der Waals surface area contributed by atoms with Gasteiger partial charge in [-0.2, -0.15) is 0 Å². The second kappa shape index (κ2) is 6.43. The van der Waals surface area contributed by atoms with E-state index in [1.165, 1.54) is 49.1 Å². The SMILES string of the molecule is CC1(C)c2ccccc2-c2oc3c(ccc4c5c6ccccc6ccc5n(-c5ccccc5)c43)c21. The zero-order valence-corrected chi connectivity index (χ0v) is 19.7. The number of hydrogen-bond acceptors (Lipinski definition) is 1. The molecular formula is C33H23NO. The van der Waals surface area contributed by atoms with Crippen molar-refractivity contribution < 1.29 is 4.42 Å². The van der Waals surface area contributed by atoms with Crippen LogP contribution < -0.4 is 0 Å². The highest BCUT2D eigenvalue weighted by Crippen LogP contribution is 2.54. The molecule has 0 bridgehead atoms. The maximum atomic E-state index is 6.87. The van der Waals surface area contributed by atoms with Crippen LogP contribution >= 0.6 is 0 Å². The first kappa shape index (κ1) is 19.1. The molecule has 0 atom stereocenters. The first-order valence-electron chi connectivity index (χ1n) is 12.2. The first-order chi connectivity index (χ1) is 17.1. The Balaban J connectivity index is 1.62. The molecule has 1 aliphatic rings. The first-order valence-corrected chi connectivity index (χ1v) is 12.2. The summed E-state index contributed by atoms with van der Waals surface area (Å²) in [6.07, 6.45) is 0. The van der Waals surface area contributed by atoms with Gasteiger partial charge in [-0.25, -0.2) is 0 Å². The van der Waals surface area contributed by atoms with Crippen molar-refractivity contribution >= 4 is 43.5 Å². The normalized spacial score (nSPS) is 14.2. The second-order valence-electron chi connectivity index (χ2n) is 10.2. The van der Waals surface area contributed by atoms with E-state index in [0.29, 0.717) is 0 Å². The lowest BCUT2D eigenvalue weighted by Gasteiger charge is -2.20. The number of para-hydroxylation sites is 1. The summed E-state index contributed by atoms with van der Waals surface area (Å²) in [7, 11) is 0. The fourth-order valence-corrected chi connectivity index (χ4v) is 6.44. The number of nitrogens with zero attached hydrogens (tertiary/aromatic N) is 1. The van der Waals surface area contributed by atoms with Crippen LogP contribution in [0, 0.1) is 0 Å². The third-order valence-corrected chi connectivity index (χ3v) is 7.96. The van der Waals surface area contributed by atoms with Crippen molar-refractivity contribution in [3.05, 3.63) is 114 Å². The van der Waals surface area contributed by atoms with E-state index >= 15 is 0 Å². The molecule has 8 rings (SSSR count). The standard InChI is InChI=1S/C33H23NO/c1-33(2)26-15-9-8-14-23(26)31-29(33)25-18-17-24-28-22-13-7-6-10-20(22)16-19-27(28)34(30(24)32(25)35-31)21-11-4-3-5-12-21/h3-19H,1-2H3. The van der Waals surface area contributed by atoms with Gasteiger partial charge >= 0.3 is 0 Å². The van der Waals surface area contributed by atoms with Crippen molar-refractivity contribution in [1.29, 1.82) is 0 Å². The lowest BCUT2D eigenvalue weighted by atomic mass is 9.81. The zero-order chi connectivity index (χ0) is 23.3. The molecule has 2 aromatic heterocycles. The van der Waals surface area contributed by atoms with E-state index in [0.717, 1.165) is 22.5 Å². The average Bonchev–Trinajstić information content (AvgIpc) is 3.52. The van der Waals surface area contributed by atoms with E-state index in [1.807, 2.05) is 0 Å². The molecule has 0 spiro atoms. The number of benzene rings is 5.